The minimum Gasteiger partial charge on any atom is -0.504 e. The number of aromatic hydroxyl groups is 4. The largest absolute Gasteiger partial charge is 0.504 e. The maximum Gasteiger partial charge on any atom is 0.337 e. The van der Waals surface area contributed by atoms with Crippen LogP contribution in [0.4, 0.5) is 0 Å². The zero-order valence-electron chi connectivity index (χ0n) is 25.3. The van der Waals surface area contributed by atoms with Crippen molar-refractivity contribution in [1.82, 2.24) is 0 Å². The van der Waals surface area contributed by atoms with Gasteiger partial charge in [0.05, 0.1) is 38.1 Å². The first-order chi connectivity index (χ1) is 22.4. The molecule has 0 aromatic heterocycles. The van der Waals surface area contributed by atoms with Gasteiger partial charge in [-0.3, -0.25) is 4.79 Å². The number of hydrogen-bond acceptors (Lipinski definition) is 15. The van der Waals surface area contributed by atoms with Crippen LogP contribution >= 0.6 is 0 Å². The maximum atomic E-state index is 13.3. The van der Waals surface area contributed by atoms with Gasteiger partial charge in [0, 0.05) is 24.3 Å². The first-order valence-electron chi connectivity index (χ1n) is 14.8. The summed E-state index contributed by atoms with van der Waals surface area (Å²) in [6, 6.07) is 8.35. The summed E-state index contributed by atoms with van der Waals surface area (Å²) in [6.07, 6.45) is -6.70. The van der Waals surface area contributed by atoms with Gasteiger partial charge in [-0.2, -0.15) is 0 Å². The quantitative estimate of drug-likeness (QED) is 0.0871. The fourth-order valence-electron chi connectivity index (χ4n) is 5.11. The second-order valence-corrected chi connectivity index (χ2v) is 10.9. The average Bonchev–Trinajstić information content (AvgIpc) is 3.04. The molecule has 0 spiro atoms. The molecule has 15 nitrogen and oxygen atoms in total. The van der Waals surface area contributed by atoms with Crippen LogP contribution in [0.25, 0.3) is 0 Å². The third-order valence-electron chi connectivity index (χ3n) is 7.77. The first-order valence-corrected chi connectivity index (χ1v) is 14.8. The van der Waals surface area contributed by atoms with Gasteiger partial charge in [-0.05, 0) is 42.3 Å². The highest BCUT2D eigenvalue weighted by atomic mass is 16.8. The minimum absolute atomic E-state index is 0.0688. The lowest BCUT2D eigenvalue weighted by Crippen LogP contribution is -2.60. The van der Waals surface area contributed by atoms with Crippen LogP contribution in [0.15, 0.2) is 59.9 Å². The molecular weight excluding hydrogens is 624 g/mol. The van der Waals surface area contributed by atoms with Crippen molar-refractivity contribution in [2.45, 2.75) is 63.2 Å². The van der Waals surface area contributed by atoms with Crippen molar-refractivity contribution in [3.8, 4) is 23.0 Å². The van der Waals surface area contributed by atoms with Crippen molar-refractivity contribution in [2.75, 3.05) is 19.8 Å². The van der Waals surface area contributed by atoms with Crippen LogP contribution in [0.5, 0.6) is 23.0 Å². The number of ether oxygens (including phenoxy) is 5. The molecule has 2 aromatic carbocycles. The molecule has 0 bridgehead atoms. The lowest BCUT2D eigenvalue weighted by Gasteiger charge is -2.42. The molecule has 0 unspecified atom stereocenters. The number of phenols is 4. The van der Waals surface area contributed by atoms with Crippen LogP contribution in [0.3, 0.4) is 0 Å². The topological polar surface area (TPSA) is 242 Å². The number of rotatable bonds is 12. The van der Waals surface area contributed by atoms with E-state index in [1.54, 1.807) is 19.1 Å². The van der Waals surface area contributed by atoms with Gasteiger partial charge < -0.3 is 64.5 Å². The maximum absolute atomic E-state index is 13.3. The molecule has 2 aliphatic rings. The van der Waals surface area contributed by atoms with E-state index in [0.29, 0.717) is 11.1 Å². The Kier molecular flexibility index (Phi) is 12.0. The molecule has 256 valence electrons. The molecule has 2 aromatic rings. The second-order valence-electron chi connectivity index (χ2n) is 10.9. The summed E-state index contributed by atoms with van der Waals surface area (Å²) >= 11 is 0. The summed E-state index contributed by atoms with van der Waals surface area (Å²) < 4.78 is 27.7. The van der Waals surface area contributed by atoms with Crippen molar-refractivity contribution in [2.24, 2.45) is 5.92 Å². The van der Waals surface area contributed by atoms with Crippen molar-refractivity contribution < 1.29 is 74.1 Å². The highest BCUT2D eigenvalue weighted by Crippen LogP contribution is 2.36. The fraction of sp³-hybridized carbons (Fsp3) is 0.438. The van der Waals surface area contributed by atoms with Crippen molar-refractivity contribution in [1.29, 1.82) is 0 Å². The van der Waals surface area contributed by atoms with E-state index in [2.05, 4.69) is 0 Å². The molecule has 1 fully saturated rings. The van der Waals surface area contributed by atoms with E-state index in [4.69, 9.17) is 23.7 Å². The highest BCUT2D eigenvalue weighted by molar-refractivity contribution is 5.91. The Labute approximate surface area is 269 Å². The molecule has 7 atom stereocenters. The molecular formula is C32H38O15. The lowest BCUT2D eigenvalue weighted by atomic mass is 9.86. The number of carbonyl (C=O) groups is 2. The van der Waals surface area contributed by atoms with Gasteiger partial charge in [0.15, 0.2) is 29.3 Å². The Morgan fingerprint density at radius 2 is 1.43 bits per heavy atom. The lowest BCUT2D eigenvalue weighted by molar-refractivity contribution is -0.327. The molecule has 15 heteroatoms. The Morgan fingerprint density at radius 1 is 0.830 bits per heavy atom. The summed E-state index contributed by atoms with van der Waals surface area (Å²) in [5.41, 5.74) is 1.33. The zero-order valence-corrected chi connectivity index (χ0v) is 25.3. The zero-order chi connectivity index (χ0) is 34.2. The predicted octanol–water partition coefficient (Wildman–Crippen LogP) is 0.390. The van der Waals surface area contributed by atoms with Crippen LogP contribution in [0, 0.1) is 5.92 Å². The van der Waals surface area contributed by atoms with Crippen LogP contribution < -0.4 is 0 Å². The molecule has 1 saturated heterocycles. The van der Waals surface area contributed by atoms with E-state index < -0.39 is 61.5 Å². The molecule has 0 aliphatic carbocycles. The van der Waals surface area contributed by atoms with Gasteiger partial charge in [0.1, 0.15) is 24.4 Å². The fourth-order valence-corrected chi connectivity index (χ4v) is 5.11. The Balaban J connectivity index is 1.48. The number of aliphatic hydroxyl groups excluding tert-OH is 4. The third-order valence-corrected chi connectivity index (χ3v) is 7.77. The number of benzene rings is 2. The summed E-state index contributed by atoms with van der Waals surface area (Å²) in [4.78, 5) is 26.3. The number of hydrogen-bond donors (Lipinski definition) is 8. The van der Waals surface area contributed by atoms with Crippen molar-refractivity contribution in [3.63, 3.8) is 0 Å². The SMILES string of the molecule is C/C=C1/[C@H](O[C@@H]2O[C@H](CO)[C@@H](O)[C@H](O)[C@H]2O)OC=C(C(=O)OCCc2ccc(O)c(O)c2)[C@H]1CC(=O)OCCc1ccc(O)c(O)c1. The first kappa shape index (κ1) is 35.5. The standard InChI is InChI=1S/C32H38O15/c1-2-18-19(13-26(38)43-9-7-16-3-5-21(34)23(36)11-16)20(30(42)44-10-8-17-4-6-22(35)24(37)12-17)15-45-31(18)47-32-29(41)28(40)27(39)25(14-33)46-32/h2-6,11-12,15,19,25,27-29,31-37,39-41H,7-10,13-14H2,1H3/b18-2+/t19-,25+,27+,28-,29+,31-,32-/m0/s1. The summed E-state index contributed by atoms with van der Waals surface area (Å²) in [5, 5.41) is 78.7. The normalized spacial score (nSPS) is 26.7. The highest BCUT2D eigenvalue weighted by Gasteiger charge is 2.47. The van der Waals surface area contributed by atoms with E-state index >= 15 is 0 Å². The van der Waals surface area contributed by atoms with Gasteiger partial charge in [-0.25, -0.2) is 4.79 Å². The monoisotopic (exact) mass is 662 g/mol. The Bertz CT molecular complexity index is 1470. The Morgan fingerprint density at radius 3 is 1.98 bits per heavy atom. The van der Waals surface area contributed by atoms with Crippen LogP contribution in [-0.2, 0) is 46.1 Å². The predicted molar refractivity (Wildman–Crippen MR) is 159 cm³/mol. The number of carbonyl (C=O) groups excluding carboxylic acids is 2. The van der Waals surface area contributed by atoms with E-state index in [0.717, 1.165) is 6.26 Å². The van der Waals surface area contributed by atoms with Crippen LogP contribution in [0.1, 0.15) is 24.5 Å². The van der Waals surface area contributed by atoms with Gasteiger partial charge >= 0.3 is 11.9 Å². The van der Waals surface area contributed by atoms with E-state index in [-0.39, 0.29) is 66.6 Å². The molecule has 2 aliphatic heterocycles. The van der Waals surface area contributed by atoms with Crippen molar-refractivity contribution in [3.05, 3.63) is 71.0 Å². The second kappa shape index (κ2) is 15.9. The Hall–Kier alpha value is -4.38. The molecule has 2 heterocycles. The van der Waals surface area contributed by atoms with Gasteiger partial charge in [-0.1, -0.05) is 18.2 Å². The number of esters is 2. The number of allylic oxidation sites excluding steroid dienone is 1. The minimum atomic E-state index is -1.74. The average molecular weight is 663 g/mol. The van der Waals surface area contributed by atoms with Gasteiger partial charge in [0.25, 0.3) is 0 Å². The summed E-state index contributed by atoms with van der Waals surface area (Å²) in [5.74, 6) is -3.82. The summed E-state index contributed by atoms with van der Waals surface area (Å²) in [7, 11) is 0. The van der Waals surface area contributed by atoms with E-state index in [1.807, 2.05) is 0 Å². The molecule has 0 amide bonds. The van der Waals surface area contributed by atoms with Crippen LogP contribution in [-0.4, -0.2) is 110 Å². The molecule has 47 heavy (non-hydrogen) atoms. The molecule has 0 saturated carbocycles. The van der Waals surface area contributed by atoms with Crippen LogP contribution in [0.2, 0.25) is 0 Å². The number of phenolic OH excluding ortho intramolecular Hbond substituents is 4. The van der Waals surface area contributed by atoms with Crippen molar-refractivity contribution >= 4 is 11.9 Å². The molecule has 8 N–H and O–H groups in total. The van der Waals surface area contributed by atoms with E-state index in [1.165, 1.54) is 30.3 Å². The molecule has 4 rings (SSSR count). The van der Waals surface area contributed by atoms with Gasteiger partial charge in [-0.15, -0.1) is 0 Å². The number of aliphatic hydroxyl groups is 4. The third kappa shape index (κ3) is 8.71. The van der Waals surface area contributed by atoms with Gasteiger partial charge in [0.2, 0.25) is 6.29 Å². The molecule has 0 radical (unpaired) electrons. The smallest absolute Gasteiger partial charge is 0.337 e. The summed E-state index contributed by atoms with van der Waals surface area (Å²) in [6.45, 7) is 0.673. The van der Waals surface area contributed by atoms with E-state index in [9.17, 15) is 50.4 Å².